The van der Waals surface area contributed by atoms with Crippen molar-refractivity contribution in [1.29, 1.82) is 0 Å². The van der Waals surface area contributed by atoms with E-state index in [2.05, 4.69) is 0 Å². The lowest BCUT2D eigenvalue weighted by molar-refractivity contribution is -0.137. The third-order valence-corrected chi connectivity index (χ3v) is 6.51. The van der Waals surface area contributed by atoms with Gasteiger partial charge in [-0.1, -0.05) is 17.7 Å². The molecule has 37 heavy (non-hydrogen) atoms. The zero-order valence-electron chi connectivity index (χ0n) is 21.5. The van der Waals surface area contributed by atoms with Crippen LogP contribution in [0.3, 0.4) is 0 Å². The number of halogens is 5. The van der Waals surface area contributed by atoms with Gasteiger partial charge in [-0.05, 0) is 81.1 Å². The molecule has 2 aromatic carbocycles. The van der Waals surface area contributed by atoms with Crippen molar-refractivity contribution >= 4 is 23.6 Å². The Morgan fingerprint density at radius 2 is 1.81 bits per heavy atom. The van der Waals surface area contributed by atoms with Gasteiger partial charge in [0.1, 0.15) is 11.4 Å². The molecule has 0 unspecified atom stereocenters. The Labute approximate surface area is 219 Å². The molecule has 2 atom stereocenters. The highest BCUT2D eigenvalue weighted by atomic mass is 35.5. The van der Waals surface area contributed by atoms with Gasteiger partial charge in [-0.3, -0.25) is 4.79 Å². The van der Waals surface area contributed by atoms with E-state index >= 15 is 0 Å². The summed E-state index contributed by atoms with van der Waals surface area (Å²) < 4.78 is 59.0. The molecule has 2 aromatic rings. The number of alkyl halides is 3. The first kappa shape index (κ1) is 28.8. The maximum Gasteiger partial charge on any atom is 0.416 e. The van der Waals surface area contributed by atoms with Crippen LogP contribution >= 0.6 is 11.6 Å². The summed E-state index contributed by atoms with van der Waals surface area (Å²) >= 11 is 5.91. The number of hydrogen-bond acceptors (Lipinski definition) is 3. The summed E-state index contributed by atoms with van der Waals surface area (Å²) in [6.45, 7) is 7.39. The number of benzene rings is 2. The highest BCUT2D eigenvalue weighted by Crippen LogP contribution is 2.37. The summed E-state index contributed by atoms with van der Waals surface area (Å²) in [5.41, 5.74) is 0.0275. The molecule has 10 heteroatoms. The van der Waals surface area contributed by atoms with E-state index < -0.39 is 41.1 Å². The van der Waals surface area contributed by atoms with Crippen molar-refractivity contribution in [3.05, 3.63) is 69.5 Å². The van der Waals surface area contributed by atoms with Crippen LogP contribution in [0.5, 0.6) is 0 Å². The molecule has 0 aliphatic carbocycles. The zero-order valence-corrected chi connectivity index (χ0v) is 22.2. The molecular formula is C27H31ClF4N2O3. The normalized spacial score (nSPS) is 18.5. The SMILES string of the molecule is Cc1cc(F)ccc1[C@@H]1CN(C(=O)OC(C)(C)C)CC[C@H]1C(=O)N(C)Cc1cc(Cl)cc(C(F)(F)F)c1. The van der Waals surface area contributed by atoms with E-state index in [9.17, 15) is 27.2 Å². The van der Waals surface area contributed by atoms with Gasteiger partial charge in [-0.25, -0.2) is 9.18 Å². The lowest BCUT2D eigenvalue weighted by Gasteiger charge is -2.40. The van der Waals surface area contributed by atoms with Gasteiger partial charge in [-0.2, -0.15) is 13.2 Å². The van der Waals surface area contributed by atoms with Crippen molar-refractivity contribution in [3.8, 4) is 0 Å². The molecule has 0 bridgehead atoms. The minimum Gasteiger partial charge on any atom is -0.444 e. The number of rotatable bonds is 4. The Kier molecular flexibility index (Phi) is 8.47. The second-order valence-electron chi connectivity index (χ2n) is 10.5. The molecule has 5 nitrogen and oxygen atoms in total. The summed E-state index contributed by atoms with van der Waals surface area (Å²) in [6.07, 6.45) is -4.76. The molecule has 2 amide bonds. The number of amides is 2. The number of carbonyl (C=O) groups excluding carboxylic acids is 2. The smallest absolute Gasteiger partial charge is 0.416 e. The number of carbonyl (C=O) groups is 2. The fraction of sp³-hybridized carbons (Fsp3) is 0.481. The summed E-state index contributed by atoms with van der Waals surface area (Å²) in [6, 6.07) is 7.51. The number of aryl methyl sites for hydroxylation is 1. The molecule has 202 valence electrons. The van der Waals surface area contributed by atoms with Crippen LogP contribution in [0.15, 0.2) is 36.4 Å². The molecule has 1 aliphatic rings. The van der Waals surface area contributed by atoms with E-state index in [0.717, 1.165) is 17.7 Å². The average Bonchev–Trinajstić information content (AvgIpc) is 2.76. The maximum atomic E-state index is 13.8. The van der Waals surface area contributed by atoms with Crippen molar-refractivity contribution in [2.45, 2.75) is 58.4 Å². The van der Waals surface area contributed by atoms with E-state index in [1.165, 1.54) is 35.0 Å². The van der Waals surface area contributed by atoms with Gasteiger partial charge in [0.25, 0.3) is 0 Å². The largest absolute Gasteiger partial charge is 0.444 e. The van der Waals surface area contributed by atoms with Crippen LogP contribution in [0.25, 0.3) is 0 Å². The van der Waals surface area contributed by atoms with Gasteiger partial charge in [0.2, 0.25) is 5.91 Å². The number of hydrogen-bond donors (Lipinski definition) is 0. The monoisotopic (exact) mass is 542 g/mol. The second-order valence-corrected chi connectivity index (χ2v) is 10.9. The minimum absolute atomic E-state index is 0.0730. The van der Waals surface area contributed by atoms with Crippen LogP contribution in [0.1, 0.15) is 55.4 Å². The minimum atomic E-state index is -4.57. The topological polar surface area (TPSA) is 49.9 Å². The van der Waals surface area contributed by atoms with Crippen LogP contribution in [0, 0.1) is 18.7 Å². The van der Waals surface area contributed by atoms with Gasteiger partial charge in [0.05, 0.1) is 5.56 Å². The summed E-state index contributed by atoms with van der Waals surface area (Å²) in [5.74, 6) is -1.73. The first-order valence-electron chi connectivity index (χ1n) is 11.9. The van der Waals surface area contributed by atoms with Crippen LogP contribution < -0.4 is 0 Å². The molecule has 3 rings (SSSR count). The fourth-order valence-electron chi connectivity index (χ4n) is 4.65. The van der Waals surface area contributed by atoms with Gasteiger partial charge in [0.15, 0.2) is 0 Å². The summed E-state index contributed by atoms with van der Waals surface area (Å²) in [7, 11) is 1.52. The van der Waals surface area contributed by atoms with E-state index in [1.54, 1.807) is 33.8 Å². The number of piperidine rings is 1. The number of likely N-dealkylation sites (tertiary alicyclic amines) is 1. The first-order chi connectivity index (χ1) is 17.0. The van der Waals surface area contributed by atoms with Crippen LogP contribution in [-0.4, -0.2) is 47.5 Å². The standard InChI is InChI=1S/C27H31ClF4N2O3/c1-16-10-20(29)6-7-21(16)23-15-34(25(36)37-26(2,3)4)9-8-22(23)24(35)33(5)14-17-11-18(27(30,31)32)13-19(28)12-17/h6-7,10-13,22-23H,8-9,14-15H2,1-5H3/t22-,23+/m1/s1. The second kappa shape index (κ2) is 10.9. The molecule has 1 fully saturated rings. The Morgan fingerprint density at radius 1 is 1.14 bits per heavy atom. The predicted molar refractivity (Wildman–Crippen MR) is 133 cm³/mol. The van der Waals surface area contributed by atoms with Crippen LogP contribution in [-0.2, 0) is 22.3 Å². The lowest BCUT2D eigenvalue weighted by Crippen LogP contribution is -2.49. The third-order valence-electron chi connectivity index (χ3n) is 6.29. The lowest BCUT2D eigenvalue weighted by atomic mass is 9.78. The molecule has 1 saturated heterocycles. The summed E-state index contributed by atoms with van der Waals surface area (Å²) in [4.78, 5) is 29.3. The van der Waals surface area contributed by atoms with Crippen LogP contribution in [0.4, 0.5) is 22.4 Å². The maximum absolute atomic E-state index is 13.8. The fourth-order valence-corrected chi connectivity index (χ4v) is 4.91. The highest BCUT2D eigenvalue weighted by Gasteiger charge is 2.40. The molecule has 0 radical (unpaired) electrons. The van der Waals surface area contributed by atoms with E-state index in [0.29, 0.717) is 12.0 Å². The Balaban J connectivity index is 1.87. The Hall–Kier alpha value is -2.81. The van der Waals surface area contributed by atoms with Crippen molar-refractivity contribution in [2.75, 3.05) is 20.1 Å². The summed E-state index contributed by atoms with van der Waals surface area (Å²) in [5, 5.41) is -0.0730. The van der Waals surface area contributed by atoms with Crippen molar-refractivity contribution < 1.29 is 31.9 Å². The van der Waals surface area contributed by atoms with E-state index in [-0.39, 0.29) is 36.1 Å². The molecule has 0 aromatic heterocycles. The highest BCUT2D eigenvalue weighted by molar-refractivity contribution is 6.30. The first-order valence-corrected chi connectivity index (χ1v) is 12.3. The molecular weight excluding hydrogens is 512 g/mol. The number of ether oxygens (including phenoxy) is 1. The van der Waals surface area contributed by atoms with Gasteiger partial charge < -0.3 is 14.5 Å². The Bertz CT molecular complexity index is 1160. The van der Waals surface area contributed by atoms with Crippen molar-refractivity contribution in [3.63, 3.8) is 0 Å². The zero-order chi connectivity index (χ0) is 27.7. The average molecular weight is 543 g/mol. The molecule has 0 saturated carbocycles. The molecule has 1 aliphatic heterocycles. The van der Waals surface area contributed by atoms with Gasteiger partial charge >= 0.3 is 12.3 Å². The van der Waals surface area contributed by atoms with E-state index in [4.69, 9.17) is 16.3 Å². The van der Waals surface area contributed by atoms with Crippen molar-refractivity contribution in [2.24, 2.45) is 5.92 Å². The van der Waals surface area contributed by atoms with Gasteiger partial charge in [-0.15, -0.1) is 0 Å². The molecule has 0 N–H and O–H groups in total. The quantitative estimate of drug-likeness (QED) is 0.399. The van der Waals surface area contributed by atoms with Crippen molar-refractivity contribution in [1.82, 2.24) is 9.80 Å². The van der Waals surface area contributed by atoms with Gasteiger partial charge in [0, 0.05) is 43.5 Å². The molecule has 0 spiro atoms. The Morgan fingerprint density at radius 3 is 2.41 bits per heavy atom. The van der Waals surface area contributed by atoms with E-state index in [1.807, 2.05) is 0 Å². The third kappa shape index (κ3) is 7.37. The van der Waals surface area contributed by atoms with Crippen LogP contribution in [0.2, 0.25) is 5.02 Å². The molecule has 1 heterocycles. The predicted octanol–water partition coefficient (Wildman–Crippen LogP) is 6.81. The number of nitrogens with zero attached hydrogens (tertiary/aromatic N) is 2.